The van der Waals surface area contributed by atoms with E-state index in [9.17, 15) is 0 Å². The fraction of sp³-hybridized carbons (Fsp3) is 1.00. The summed E-state index contributed by atoms with van der Waals surface area (Å²) in [5.41, 5.74) is 6.34. The van der Waals surface area contributed by atoms with Crippen LogP contribution in [-0.4, -0.2) is 42.3 Å². The lowest BCUT2D eigenvalue weighted by Crippen LogP contribution is -2.62. The van der Waals surface area contributed by atoms with E-state index in [0.717, 1.165) is 32.0 Å². The van der Waals surface area contributed by atoms with Crippen LogP contribution in [0.3, 0.4) is 0 Å². The fourth-order valence-corrected chi connectivity index (χ4v) is 3.17. The van der Waals surface area contributed by atoms with Crippen LogP contribution in [0, 0.1) is 5.92 Å². The Kier molecular flexibility index (Phi) is 6.09. The Labute approximate surface area is 113 Å². The number of rotatable bonds is 6. The Morgan fingerprint density at radius 1 is 1.39 bits per heavy atom. The fourth-order valence-electron chi connectivity index (χ4n) is 3.17. The first kappa shape index (κ1) is 15.9. The molecular weight excluding hydrogens is 224 g/mol. The van der Waals surface area contributed by atoms with E-state index in [1.165, 1.54) is 12.8 Å². The minimum atomic E-state index is 0.160. The highest BCUT2D eigenvalue weighted by Gasteiger charge is 2.40. The number of hydrogen-bond donors (Lipinski definition) is 1. The molecule has 0 amide bonds. The lowest BCUT2D eigenvalue weighted by atomic mass is 9.81. The van der Waals surface area contributed by atoms with Crippen LogP contribution in [0.25, 0.3) is 0 Å². The van der Waals surface area contributed by atoms with Crippen molar-refractivity contribution in [1.82, 2.24) is 4.90 Å². The number of morpholine rings is 1. The van der Waals surface area contributed by atoms with E-state index in [4.69, 9.17) is 10.5 Å². The molecular formula is C15H32N2O. The summed E-state index contributed by atoms with van der Waals surface area (Å²) in [6.07, 6.45) is 3.89. The summed E-state index contributed by atoms with van der Waals surface area (Å²) >= 11 is 0. The Bertz CT molecular complexity index is 241. The molecule has 2 N–H and O–H groups in total. The predicted molar refractivity (Wildman–Crippen MR) is 77.7 cm³/mol. The van der Waals surface area contributed by atoms with Gasteiger partial charge >= 0.3 is 0 Å². The van der Waals surface area contributed by atoms with Crippen molar-refractivity contribution in [2.75, 3.05) is 19.7 Å². The summed E-state index contributed by atoms with van der Waals surface area (Å²) in [6, 6.07) is 0.480. The van der Waals surface area contributed by atoms with Crippen molar-refractivity contribution in [2.24, 2.45) is 11.7 Å². The van der Waals surface area contributed by atoms with Crippen molar-refractivity contribution < 1.29 is 4.74 Å². The Morgan fingerprint density at radius 3 is 2.56 bits per heavy atom. The summed E-state index contributed by atoms with van der Waals surface area (Å²) in [4.78, 5) is 2.62. The smallest absolute Gasteiger partial charge is 0.0675 e. The van der Waals surface area contributed by atoms with Gasteiger partial charge in [-0.3, -0.25) is 4.90 Å². The van der Waals surface area contributed by atoms with E-state index in [-0.39, 0.29) is 5.54 Å². The number of nitrogens with zero attached hydrogens (tertiary/aromatic N) is 1. The van der Waals surface area contributed by atoms with Crippen molar-refractivity contribution >= 4 is 0 Å². The van der Waals surface area contributed by atoms with Gasteiger partial charge in [-0.05, 0) is 32.6 Å². The first-order chi connectivity index (χ1) is 8.49. The van der Waals surface area contributed by atoms with E-state index in [1.54, 1.807) is 0 Å². The molecule has 1 rings (SSSR count). The molecule has 0 saturated carbocycles. The van der Waals surface area contributed by atoms with E-state index in [1.807, 2.05) is 0 Å². The second kappa shape index (κ2) is 6.88. The number of ether oxygens (including phenoxy) is 1. The summed E-state index contributed by atoms with van der Waals surface area (Å²) in [5, 5.41) is 0. The van der Waals surface area contributed by atoms with Gasteiger partial charge in [0.05, 0.1) is 12.7 Å². The normalized spacial score (nSPS) is 31.0. The van der Waals surface area contributed by atoms with Gasteiger partial charge in [-0.2, -0.15) is 0 Å². The molecule has 1 fully saturated rings. The minimum Gasteiger partial charge on any atom is -0.376 e. The van der Waals surface area contributed by atoms with Gasteiger partial charge in [-0.15, -0.1) is 0 Å². The van der Waals surface area contributed by atoms with Gasteiger partial charge in [0.1, 0.15) is 0 Å². The van der Waals surface area contributed by atoms with Crippen molar-refractivity contribution in [1.29, 1.82) is 0 Å². The Morgan fingerprint density at radius 2 is 2.06 bits per heavy atom. The van der Waals surface area contributed by atoms with Gasteiger partial charge in [0.15, 0.2) is 0 Å². The van der Waals surface area contributed by atoms with E-state index in [2.05, 4.69) is 39.5 Å². The standard InChI is InChI=1S/C15H32N2O/c1-6-12(3)8-15(7-2,11-16)17-9-14(5)18-10-13(17)4/h12-14H,6-11,16H2,1-5H3. The first-order valence-electron chi connectivity index (χ1n) is 7.57. The van der Waals surface area contributed by atoms with Crippen LogP contribution in [0.1, 0.15) is 53.9 Å². The van der Waals surface area contributed by atoms with Crippen LogP contribution in [0.5, 0.6) is 0 Å². The molecule has 3 heteroatoms. The van der Waals surface area contributed by atoms with Crippen LogP contribution in [0.15, 0.2) is 0 Å². The maximum absolute atomic E-state index is 6.18. The molecule has 1 saturated heterocycles. The quantitative estimate of drug-likeness (QED) is 0.794. The average molecular weight is 256 g/mol. The lowest BCUT2D eigenvalue weighted by molar-refractivity contribution is -0.0989. The van der Waals surface area contributed by atoms with Crippen LogP contribution in [-0.2, 0) is 4.74 Å². The molecule has 1 heterocycles. The first-order valence-corrected chi connectivity index (χ1v) is 7.57. The molecule has 1 aliphatic rings. The van der Waals surface area contributed by atoms with Gasteiger partial charge in [-0.1, -0.05) is 27.2 Å². The molecule has 108 valence electrons. The zero-order chi connectivity index (χ0) is 13.8. The van der Waals surface area contributed by atoms with Crippen LogP contribution < -0.4 is 5.73 Å². The Balaban J connectivity index is 2.86. The van der Waals surface area contributed by atoms with Crippen LogP contribution in [0.2, 0.25) is 0 Å². The molecule has 0 aromatic carbocycles. The van der Waals surface area contributed by atoms with Gasteiger partial charge in [-0.25, -0.2) is 0 Å². The molecule has 18 heavy (non-hydrogen) atoms. The summed E-state index contributed by atoms with van der Waals surface area (Å²) in [6.45, 7) is 13.9. The molecule has 1 aliphatic heterocycles. The predicted octanol–water partition coefficient (Wildman–Crippen LogP) is 2.64. The molecule has 0 aliphatic carbocycles. The van der Waals surface area contributed by atoms with Crippen molar-refractivity contribution in [3.63, 3.8) is 0 Å². The molecule has 0 aromatic heterocycles. The largest absolute Gasteiger partial charge is 0.376 e. The van der Waals surface area contributed by atoms with Gasteiger partial charge in [0.25, 0.3) is 0 Å². The van der Waals surface area contributed by atoms with Gasteiger partial charge in [0.2, 0.25) is 0 Å². The third-order valence-corrected chi connectivity index (χ3v) is 4.68. The topological polar surface area (TPSA) is 38.5 Å². The molecule has 4 atom stereocenters. The van der Waals surface area contributed by atoms with Gasteiger partial charge < -0.3 is 10.5 Å². The molecule has 3 nitrogen and oxygen atoms in total. The second-order valence-electron chi connectivity index (χ2n) is 6.14. The highest BCUT2D eigenvalue weighted by atomic mass is 16.5. The average Bonchev–Trinajstić information content (AvgIpc) is 2.39. The Hall–Kier alpha value is -0.120. The molecule has 0 aromatic rings. The van der Waals surface area contributed by atoms with E-state index >= 15 is 0 Å². The lowest BCUT2D eigenvalue weighted by Gasteiger charge is -2.50. The summed E-state index contributed by atoms with van der Waals surface area (Å²) in [7, 11) is 0. The summed E-state index contributed by atoms with van der Waals surface area (Å²) < 4.78 is 5.75. The highest BCUT2D eigenvalue weighted by Crippen LogP contribution is 2.32. The number of nitrogens with two attached hydrogens (primary N) is 1. The molecule has 0 bridgehead atoms. The SMILES string of the molecule is CCC(C)CC(CC)(CN)N1CC(C)OCC1C. The van der Waals surface area contributed by atoms with E-state index in [0.29, 0.717) is 12.1 Å². The molecule has 0 radical (unpaired) electrons. The molecule has 4 unspecified atom stereocenters. The maximum Gasteiger partial charge on any atom is 0.0675 e. The zero-order valence-corrected chi connectivity index (χ0v) is 12.9. The van der Waals surface area contributed by atoms with Crippen molar-refractivity contribution in [3.8, 4) is 0 Å². The van der Waals surface area contributed by atoms with E-state index < -0.39 is 0 Å². The molecule has 0 spiro atoms. The van der Waals surface area contributed by atoms with Crippen LogP contribution >= 0.6 is 0 Å². The maximum atomic E-state index is 6.18. The van der Waals surface area contributed by atoms with Crippen molar-refractivity contribution in [3.05, 3.63) is 0 Å². The minimum absolute atomic E-state index is 0.160. The number of hydrogen-bond acceptors (Lipinski definition) is 3. The zero-order valence-electron chi connectivity index (χ0n) is 12.9. The summed E-state index contributed by atoms with van der Waals surface area (Å²) in [5.74, 6) is 0.735. The van der Waals surface area contributed by atoms with Gasteiger partial charge in [0, 0.05) is 24.7 Å². The third kappa shape index (κ3) is 3.46. The monoisotopic (exact) mass is 256 g/mol. The van der Waals surface area contributed by atoms with Crippen LogP contribution in [0.4, 0.5) is 0 Å². The third-order valence-electron chi connectivity index (χ3n) is 4.68. The second-order valence-corrected chi connectivity index (χ2v) is 6.14. The highest BCUT2D eigenvalue weighted by molar-refractivity contribution is 4.96. The van der Waals surface area contributed by atoms with Crippen molar-refractivity contribution in [2.45, 2.75) is 71.6 Å².